The Kier molecular flexibility index (Phi) is 2.64. The molecule has 2 aromatic carbocycles. The number of hydrogen-bond acceptors (Lipinski definition) is 3. The normalized spacial score (nSPS) is 13.0. The molecule has 1 aromatic heterocycles. The first kappa shape index (κ1) is 12.3. The molecule has 0 fully saturated rings. The minimum Gasteiger partial charge on any atom is -0.454 e. The lowest BCUT2D eigenvalue weighted by Crippen LogP contribution is -1.98. The smallest absolute Gasteiger partial charge is 0.231 e. The Morgan fingerprint density at radius 1 is 1.05 bits per heavy atom. The zero-order valence-electron chi connectivity index (χ0n) is 12.1. The summed E-state index contributed by atoms with van der Waals surface area (Å²) in [7, 11) is 0. The Morgan fingerprint density at radius 2 is 1.86 bits per heavy atom. The second-order valence-electron chi connectivity index (χ2n) is 5.49. The van der Waals surface area contributed by atoms with E-state index in [4.69, 9.17) is 9.47 Å². The molecule has 0 N–H and O–H groups in total. The van der Waals surface area contributed by atoms with Crippen molar-refractivity contribution in [3.8, 4) is 11.5 Å². The standard InChI is InChI=1S/C17H16N2O2/c1-11-5-14-15(6-12(11)2)19(9-18-14)8-13-3-4-16-17(7-13)21-10-20-16/h3-7,9H,8,10H2,1-2H3. The molecule has 0 atom stereocenters. The predicted molar refractivity (Wildman–Crippen MR) is 80.9 cm³/mol. The largest absolute Gasteiger partial charge is 0.454 e. The zero-order chi connectivity index (χ0) is 14.4. The molecule has 0 saturated heterocycles. The summed E-state index contributed by atoms with van der Waals surface area (Å²) in [5, 5.41) is 0. The summed E-state index contributed by atoms with van der Waals surface area (Å²) in [6, 6.07) is 10.4. The van der Waals surface area contributed by atoms with Crippen LogP contribution >= 0.6 is 0 Å². The van der Waals surface area contributed by atoms with E-state index >= 15 is 0 Å². The van der Waals surface area contributed by atoms with Crippen LogP contribution in [0.2, 0.25) is 0 Å². The van der Waals surface area contributed by atoms with Crippen LogP contribution in [0.3, 0.4) is 0 Å². The van der Waals surface area contributed by atoms with Crippen molar-refractivity contribution in [2.75, 3.05) is 6.79 Å². The van der Waals surface area contributed by atoms with Gasteiger partial charge in [-0.2, -0.15) is 0 Å². The van der Waals surface area contributed by atoms with E-state index in [2.05, 4.69) is 41.6 Å². The van der Waals surface area contributed by atoms with Gasteiger partial charge in [0.2, 0.25) is 6.79 Å². The van der Waals surface area contributed by atoms with Crippen molar-refractivity contribution in [2.45, 2.75) is 20.4 Å². The van der Waals surface area contributed by atoms with Crippen molar-refractivity contribution in [1.29, 1.82) is 0 Å². The first-order valence-electron chi connectivity index (χ1n) is 7.01. The van der Waals surface area contributed by atoms with Crippen LogP contribution in [0.5, 0.6) is 11.5 Å². The minimum atomic E-state index is 0.311. The predicted octanol–water partition coefficient (Wildman–Crippen LogP) is 3.43. The second-order valence-corrected chi connectivity index (χ2v) is 5.49. The van der Waals surface area contributed by atoms with Crippen molar-refractivity contribution in [2.24, 2.45) is 0 Å². The number of hydrogen-bond donors (Lipinski definition) is 0. The Balaban J connectivity index is 1.72. The molecule has 0 spiro atoms. The summed E-state index contributed by atoms with van der Waals surface area (Å²) in [4.78, 5) is 4.50. The number of aryl methyl sites for hydroxylation is 2. The summed E-state index contributed by atoms with van der Waals surface area (Å²) < 4.78 is 12.9. The van der Waals surface area contributed by atoms with Crippen LogP contribution in [0.1, 0.15) is 16.7 Å². The van der Waals surface area contributed by atoms with E-state index in [0.29, 0.717) is 6.79 Å². The third-order valence-corrected chi connectivity index (χ3v) is 4.03. The molecule has 0 bridgehead atoms. The molecule has 3 aromatic rings. The Bertz CT molecular complexity index is 836. The molecule has 4 rings (SSSR count). The lowest BCUT2D eigenvalue weighted by molar-refractivity contribution is 0.174. The fourth-order valence-electron chi connectivity index (χ4n) is 2.68. The molecule has 4 heteroatoms. The quantitative estimate of drug-likeness (QED) is 0.721. The summed E-state index contributed by atoms with van der Waals surface area (Å²) >= 11 is 0. The van der Waals surface area contributed by atoms with Crippen molar-refractivity contribution in [3.63, 3.8) is 0 Å². The second kappa shape index (κ2) is 4.52. The van der Waals surface area contributed by atoms with Crippen LogP contribution in [0.4, 0.5) is 0 Å². The molecule has 0 amide bonds. The van der Waals surface area contributed by atoms with Crippen molar-refractivity contribution in [3.05, 3.63) is 53.3 Å². The van der Waals surface area contributed by atoms with Gasteiger partial charge in [-0.25, -0.2) is 4.98 Å². The van der Waals surface area contributed by atoms with Gasteiger partial charge in [0.25, 0.3) is 0 Å². The lowest BCUT2D eigenvalue weighted by Gasteiger charge is -2.07. The summed E-state index contributed by atoms with van der Waals surface area (Å²) in [6.45, 7) is 5.33. The molecule has 2 heterocycles. The summed E-state index contributed by atoms with van der Waals surface area (Å²) in [5.41, 5.74) is 5.94. The van der Waals surface area contributed by atoms with Crippen LogP contribution in [0.25, 0.3) is 11.0 Å². The molecular formula is C17H16N2O2. The molecule has 1 aliphatic rings. The Morgan fingerprint density at radius 3 is 2.76 bits per heavy atom. The molecule has 0 radical (unpaired) electrons. The van der Waals surface area contributed by atoms with E-state index in [1.807, 2.05) is 18.5 Å². The van der Waals surface area contributed by atoms with Crippen LogP contribution in [0.15, 0.2) is 36.7 Å². The molecule has 0 aliphatic carbocycles. The zero-order valence-corrected chi connectivity index (χ0v) is 12.1. The molecule has 0 unspecified atom stereocenters. The highest BCUT2D eigenvalue weighted by atomic mass is 16.7. The highest BCUT2D eigenvalue weighted by Crippen LogP contribution is 2.33. The van der Waals surface area contributed by atoms with Gasteiger partial charge in [0.05, 0.1) is 17.4 Å². The molecule has 0 saturated carbocycles. The molecule has 106 valence electrons. The molecule has 21 heavy (non-hydrogen) atoms. The third kappa shape index (κ3) is 2.03. The van der Waals surface area contributed by atoms with Gasteiger partial charge in [-0.3, -0.25) is 0 Å². The van der Waals surface area contributed by atoms with Gasteiger partial charge >= 0.3 is 0 Å². The number of ether oxygens (including phenoxy) is 2. The van der Waals surface area contributed by atoms with Gasteiger partial charge < -0.3 is 14.0 Å². The summed E-state index contributed by atoms with van der Waals surface area (Å²) in [5.74, 6) is 1.64. The maximum atomic E-state index is 5.43. The van der Waals surface area contributed by atoms with Gasteiger partial charge in [0.15, 0.2) is 11.5 Å². The van der Waals surface area contributed by atoms with Gasteiger partial charge in [0, 0.05) is 6.54 Å². The molecule has 1 aliphatic heterocycles. The average Bonchev–Trinajstić information content (AvgIpc) is 3.07. The monoisotopic (exact) mass is 280 g/mol. The number of rotatable bonds is 2. The van der Waals surface area contributed by atoms with Gasteiger partial charge in [-0.1, -0.05) is 6.07 Å². The molecular weight excluding hydrogens is 264 g/mol. The van der Waals surface area contributed by atoms with E-state index in [0.717, 1.165) is 29.1 Å². The Hall–Kier alpha value is -2.49. The van der Waals surface area contributed by atoms with Crippen LogP contribution in [0, 0.1) is 13.8 Å². The topological polar surface area (TPSA) is 36.3 Å². The van der Waals surface area contributed by atoms with E-state index in [-0.39, 0.29) is 0 Å². The van der Waals surface area contributed by atoms with Gasteiger partial charge in [-0.05, 0) is 54.8 Å². The summed E-state index contributed by atoms with van der Waals surface area (Å²) in [6.07, 6.45) is 1.90. The first-order valence-corrected chi connectivity index (χ1v) is 7.01. The van der Waals surface area contributed by atoms with Crippen LogP contribution in [-0.4, -0.2) is 16.3 Å². The number of fused-ring (bicyclic) bond motifs is 2. The number of aromatic nitrogens is 2. The molecule has 4 nitrogen and oxygen atoms in total. The van der Waals surface area contributed by atoms with Crippen LogP contribution in [-0.2, 0) is 6.54 Å². The van der Waals surface area contributed by atoms with Crippen LogP contribution < -0.4 is 9.47 Å². The highest BCUT2D eigenvalue weighted by Gasteiger charge is 2.14. The minimum absolute atomic E-state index is 0.311. The maximum Gasteiger partial charge on any atom is 0.231 e. The average molecular weight is 280 g/mol. The number of nitrogens with zero attached hydrogens (tertiary/aromatic N) is 2. The lowest BCUT2D eigenvalue weighted by atomic mass is 10.1. The maximum absolute atomic E-state index is 5.43. The van der Waals surface area contributed by atoms with Crippen molar-refractivity contribution >= 4 is 11.0 Å². The number of imidazole rings is 1. The highest BCUT2D eigenvalue weighted by molar-refractivity contribution is 5.77. The Labute approximate surface area is 122 Å². The van der Waals surface area contributed by atoms with E-state index in [1.165, 1.54) is 16.7 Å². The fraction of sp³-hybridized carbons (Fsp3) is 0.235. The number of benzene rings is 2. The van der Waals surface area contributed by atoms with Crippen molar-refractivity contribution < 1.29 is 9.47 Å². The van der Waals surface area contributed by atoms with E-state index in [1.54, 1.807) is 0 Å². The van der Waals surface area contributed by atoms with Gasteiger partial charge in [-0.15, -0.1) is 0 Å². The van der Waals surface area contributed by atoms with E-state index in [9.17, 15) is 0 Å². The third-order valence-electron chi connectivity index (χ3n) is 4.03. The van der Waals surface area contributed by atoms with E-state index < -0.39 is 0 Å². The van der Waals surface area contributed by atoms with Gasteiger partial charge in [0.1, 0.15) is 0 Å². The SMILES string of the molecule is Cc1cc2ncn(Cc3ccc4c(c3)OCO4)c2cc1C. The fourth-order valence-corrected chi connectivity index (χ4v) is 2.68. The van der Waals surface area contributed by atoms with Crippen molar-refractivity contribution in [1.82, 2.24) is 9.55 Å². The first-order chi connectivity index (χ1) is 10.2.